The second-order valence-electron chi connectivity index (χ2n) is 7.95. The Hall–Kier alpha value is -2.21. The number of thioether (sulfide) groups is 4. The minimum absolute atomic E-state index is 0.152. The van der Waals surface area contributed by atoms with E-state index in [1.807, 2.05) is 12.5 Å². The van der Waals surface area contributed by atoms with Crippen molar-refractivity contribution >= 4 is 81.7 Å². The SMILES string of the molecule is CSc1nnc(SCC(O)COC(=O)Cn2c(=O)n(C)c(=O)n(CC(=O)OCC(O)CSc3nnc(SC)s3)c2=O)s1. The number of carbonyl (C=O) groups is 2. The van der Waals surface area contributed by atoms with Gasteiger partial charge in [-0.15, -0.1) is 20.4 Å². The summed E-state index contributed by atoms with van der Waals surface area (Å²) < 4.78 is 14.2. The lowest BCUT2D eigenvalue weighted by Crippen LogP contribution is -2.55. The number of esters is 2. The molecule has 0 aromatic carbocycles. The first-order valence-electron chi connectivity index (χ1n) is 11.6. The van der Waals surface area contributed by atoms with Crippen LogP contribution in [-0.2, 0) is 39.2 Å². The maximum atomic E-state index is 12.8. The normalized spacial score (nSPS) is 12.7. The maximum Gasteiger partial charge on any atom is 0.337 e. The second kappa shape index (κ2) is 16.6. The van der Waals surface area contributed by atoms with Gasteiger partial charge < -0.3 is 19.7 Å². The maximum absolute atomic E-state index is 12.8. The Morgan fingerprint density at radius 3 is 1.48 bits per heavy atom. The van der Waals surface area contributed by atoms with Gasteiger partial charge in [0.2, 0.25) is 0 Å². The summed E-state index contributed by atoms with van der Waals surface area (Å²) in [5.41, 5.74) is -3.43. The Kier molecular flexibility index (Phi) is 13.5. The topological polar surface area (TPSA) is 211 Å². The Morgan fingerprint density at radius 2 is 1.12 bits per heavy atom. The first kappa shape index (κ1) is 34.3. The zero-order valence-corrected chi connectivity index (χ0v) is 27.1. The van der Waals surface area contributed by atoms with Crippen molar-refractivity contribution in [2.75, 3.05) is 37.2 Å². The molecule has 0 saturated carbocycles. The lowest BCUT2D eigenvalue weighted by molar-refractivity contribution is -0.147. The molecule has 42 heavy (non-hydrogen) atoms. The van der Waals surface area contributed by atoms with Crippen molar-refractivity contribution < 1.29 is 29.3 Å². The van der Waals surface area contributed by atoms with E-state index < -0.39 is 67.5 Å². The number of carbonyl (C=O) groups excluding carboxylic acids is 2. The van der Waals surface area contributed by atoms with Crippen molar-refractivity contribution in [2.45, 2.75) is 42.7 Å². The molecule has 3 aromatic rings. The molecule has 0 saturated heterocycles. The van der Waals surface area contributed by atoms with Crippen molar-refractivity contribution in [3.63, 3.8) is 0 Å². The Bertz CT molecular complexity index is 1440. The summed E-state index contributed by atoms with van der Waals surface area (Å²) in [6.07, 6.45) is 1.58. The molecule has 2 N–H and O–H groups in total. The lowest BCUT2D eigenvalue weighted by atomic mass is 10.4. The molecule has 0 fully saturated rings. The van der Waals surface area contributed by atoms with E-state index in [0.29, 0.717) is 22.4 Å². The third-order valence-corrected chi connectivity index (χ3v) is 11.2. The number of aliphatic hydroxyl groups is 2. The highest BCUT2D eigenvalue weighted by atomic mass is 32.2. The van der Waals surface area contributed by atoms with Gasteiger partial charge in [-0.25, -0.2) is 28.1 Å². The van der Waals surface area contributed by atoms with Crippen LogP contribution in [0.25, 0.3) is 0 Å². The van der Waals surface area contributed by atoms with Gasteiger partial charge in [-0.3, -0.25) is 9.59 Å². The molecular weight excluding hydrogens is 675 g/mol. The van der Waals surface area contributed by atoms with Crippen LogP contribution in [0.4, 0.5) is 0 Å². The highest BCUT2D eigenvalue weighted by Crippen LogP contribution is 2.28. The van der Waals surface area contributed by atoms with Gasteiger partial charge in [0.05, 0.1) is 12.2 Å². The quantitative estimate of drug-likeness (QED) is 0.139. The fourth-order valence-corrected chi connectivity index (χ4v) is 7.60. The van der Waals surface area contributed by atoms with Gasteiger partial charge in [0.15, 0.2) is 17.4 Å². The number of hydrogen-bond donors (Lipinski definition) is 2. The zero-order valence-electron chi connectivity index (χ0n) is 22.2. The average molecular weight is 700 g/mol. The summed E-state index contributed by atoms with van der Waals surface area (Å²) in [5.74, 6) is -1.74. The van der Waals surface area contributed by atoms with E-state index in [4.69, 9.17) is 9.47 Å². The highest BCUT2D eigenvalue weighted by Gasteiger charge is 2.20. The first-order valence-corrected chi connectivity index (χ1v) is 17.7. The van der Waals surface area contributed by atoms with Gasteiger partial charge in [-0.1, -0.05) is 69.7 Å². The molecule has 3 heterocycles. The smallest absolute Gasteiger partial charge is 0.337 e. The Labute approximate surface area is 262 Å². The van der Waals surface area contributed by atoms with Gasteiger partial charge in [0.1, 0.15) is 26.3 Å². The molecule has 230 valence electrons. The molecular formula is C20H25N7O9S6. The zero-order chi connectivity index (χ0) is 30.8. The van der Waals surface area contributed by atoms with Crippen LogP contribution in [0.5, 0.6) is 0 Å². The number of aliphatic hydroxyl groups excluding tert-OH is 2. The minimum Gasteiger partial charge on any atom is -0.462 e. The van der Waals surface area contributed by atoms with Crippen LogP contribution in [0.15, 0.2) is 31.7 Å². The van der Waals surface area contributed by atoms with Gasteiger partial charge in [0.25, 0.3) is 0 Å². The van der Waals surface area contributed by atoms with Crippen LogP contribution in [-0.4, -0.2) is 106 Å². The third-order valence-electron chi connectivity index (χ3n) is 4.87. The second-order valence-corrected chi connectivity index (χ2v) is 14.5. The summed E-state index contributed by atoms with van der Waals surface area (Å²) in [7, 11) is 1.07. The molecule has 2 unspecified atom stereocenters. The van der Waals surface area contributed by atoms with E-state index in [2.05, 4.69) is 20.4 Å². The Balaban J connectivity index is 1.53. The van der Waals surface area contributed by atoms with Crippen LogP contribution in [0.1, 0.15) is 0 Å². The number of ether oxygens (including phenoxy) is 2. The fourth-order valence-electron chi connectivity index (χ4n) is 2.86. The molecule has 0 amide bonds. The van der Waals surface area contributed by atoms with Gasteiger partial charge in [-0.2, -0.15) is 0 Å². The number of nitrogens with zero attached hydrogens (tertiary/aromatic N) is 7. The van der Waals surface area contributed by atoms with Crippen molar-refractivity contribution in [2.24, 2.45) is 7.05 Å². The molecule has 0 aliphatic heterocycles. The molecule has 22 heteroatoms. The standard InChI is InChI=1S/C20H25N7O9S6/c1-25-18(32)26(4-12(30)35-6-10(28)8-39-16-23-21-14(37-2)41-16)20(34)27(19(25)33)5-13(31)36-7-11(29)9-40-17-24-22-15(38-3)42-17/h10-11,28-29H,4-9H2,1-3H3. The van der Waals surface area contributed by atoms with E-state index in [1.165, 1.54) is 69.7 Å². The molecule has 0 aliphatic rings. The molecule has 3 aromatic heterocycles. The van der Waals surface area contributed by atoms with Gasteiger partial charge >= 0.3 is 29.0 Å². The van der Waals surface area contributed by atoms with Crippen LogP contribution in [0.2, 0.25) is 0 Å². The molecule has 3 rings (SSSR count). The predicted octanol–water partition coefficient (Wildman–Crippen LogP) is -0.752. The van der Waals surface area contributed by atoms with Crippen LogP contribution < -0.4 is 17.1 Å². The summed E-state index contributed by atoms with van der Waals surface area (Å²) >= 11 is 8.02. The third kappa shape index (κ3) is 9.92. The van der Waals surface area contributed by atoms with Gasteiger partial charge in [-0.05, 0) is 12.5 Å². The first-order chi connectivity index (χ1) is 20.0. The molecule has 0 spiro atoms. The average Bonchev–Trinajstić information content (AvgIpc) is 3.65. The number of aromatic nitrogens is 7. The van der Waals surface area contributed by atoms with E-state index in [1.54, 1.807) is 0 Å². The summed E-state index contributed by atoms with van der Waals surface area (Å²) in [6, 6.07) is 0. The van der Waals surface area contributed by atoms with E-state index in [0.717, 1.165) is 15.7 Å². The fraction of sp³-hybridized carbons (Fsp3) is 0.550. The van der Waals surface area contributed by atoms with Crippen molar-refractivity contribution in [1.29, 1.82) is 0 Å². The van der Waals surface area contributed by atoms with E-state index in [-0.39, 0.29) is 11.5 Å². The largest absolute Gasteiger partial charge is 0.462 e. The molecule has 16 nitrogen and oxygen atoms in total. The molecule has 2 atom stereocenters. The monoisotopic (exact) mass is 699 g/mol. The van der Waals surface area contributed by atoms with E-state index in [9.17, 15) is 34.2 Å². The minimum atomic E-state index is -1.23. The van der Waals surface area contributed by atoms with Crippen LogP contribution >= 0.6 is 69.7 Å². The number of hydrogen-bond acceptors (Lipinski definition) is 19. The predicted molar refractivity (Wildman–Crippen MR) is 159 cm³/mol. The Morgan fingerprint density at radius 1 is 0.738 bits per heavy atom. The molecule has 0 bridgehead atoms. The number of rotatable bonds is 16. The van der Waals surface area contributed by atoms with Crippen molar-refractivity contribution in [3.8, 4) is 0 Å². The van der Waals surface area contributed by atoms with Gasteiger partial charge in [0, 0.05) is 18.6 Å². The molecule has 0 radical (unpaired) electrons. The van der Waals surface area contributed by atoms with Crippen LogP contribution in [0, 0.1) is 0 Å². The highest BCUT2D eigenvalue weighted by molar-refractivity contribution is 8.03. The summed E-state index contributed by atoms with van der Waals surface area (Å²) in [5, 5.41) is 36.0. The summed E-state index contributed by atoms with van der Waals surface area (Å²) in [6.45, 7) is -2.57. The van der Waals surface area contributed by atoms with Crippen molar-refractivity contribution in [3.05, 3.63) is 31.5 Å². The van der Waals surface area contributed by atoms with Crippen LogP contribution in [0.3, 0.4) is 0 Å². The van der Waals surface area contributed by atoms with Crippen molar-refractivity contribution in [1.82, 2.24) is 34.1 Å². The summed E-state index contributed by atoms with van der Waals surface area (Å²) in [4.78, 5) is 62.5. The van der Waals surface area contributed by atoms with E-state index >= 15 is 0 Å². The molecule has 0 aliphatic carbocycles. The lowest BCUT2D eigenvalue weighted by Gasteiger charge is -2.13.